The molecule has 0 aliphatic carbocycles. The van der Waals surface area contributed by atoms with Crippen LogP contribution in [0.2, 0.25) is 0 Å². The second-order valence-corrected chi connectivity index (χ2v) is 7.41. The van der Waals surface area contributed by atoms with Gasteiger partial charge in [0.1, 0.15) is 0 Å². The Morgan fingerprint density at radius 1 is 1.05 bits per heavy atom. The zero-order valence-electron chi connectivity index (χ0n) is 13.1. The molecular formula is C19H28N2. The van der Waals surface area contributed by atoms with Crippen LogP contribution < -0.4 is 5.32 Å². The molecular weight excluding hydrogens is 256 g/mol. The van der Waals surface area contributed by atoms with E-state index in [1.165, 1.54) is 64.6 Å². The highest BCUT2D eigenvalue weighted by Gasteiger charge is 2.33. The van der Waals surface area contributed by atoms with Gasteiger partial charge < -0.3 is 5.32 Å². The van der Waals surface area contributed by atoms with Crippen molar-refractivity contribution < 1.29 is 0 Å². The maximum absolute atomic E-state index is 3.77. The number of rotatable bonds is 3. The Labute approximate surface area is 128 Å². The second kappa shape index (κ2) is 6.10. The van der Waals surface area contributed by atoms with Gasteiger partial charge in [-0.05, 0) is 75.1 Å². The van der Waals surface area contributed by atoms with Crippen molar-refractivity contribution >= 4 is 0 Å². The molecule has 3 heterocycles. The average Bonchev–Trinajstić information content (AvgIpc) is 2.73. The molecule has 1 N–H and O–H groups in total. The summed E-state index contributed by atoms with van der Waals surface area (Å²) in [5.74, 6) is 0.974. The molecule has 2 nitrogen and oxygen atoms in total. The van der Waals surface area contributed by atoms with Gasteiger partial charge in [0.25, 0.3) is 0 Å². The standard InChI is InChI=1S/C19H28N2/c1-2-5-17-14-21(10-3-6-16(17)4-1)11-9-15-12-18-7-8-19(13-15)20-18/h1-2,4-5,15,18-20H,3,6-14H2. The Hall–Kier alpha value is -0.860. The Morgan fingerprint density at radius 2 is 1.81 bits per heavy atom. The minimum atomic E-state index is 0.846. The first-order valence-electron chi connectivity index (χ1n) is 8.92. The largest absolute Gasteiger partial charge is 0.311 e. The highest BCUT2D eigenvalue weighted by molar-refractivity contribution is 5.27. The SMILES string of the molecule is c1ccc2c(c1)CCCN(CCC1CC3CCC(C1)N3)C2. The summed E-state index contributed by atoms with van der Waals surface area (Å²) in [4.78, 5) is 2.70. The molecule has 1 aromatic carbocycles. The number of nitrogens with one attached hydrogen (secondary N) is 1. The van der Waals surface area contributed by atoms with E-state index >= 15 is 0 Å². The van der Waals surface area contributed by atoms with Crippen LogP contribution in [-0.4, -0.2) is 30.1 Å². The van der Waals surface area contributed by atoms with Crippen LogP contribution in [0.3, 0.4) is 0 Å². The van der Waals surface area contributed by atoms with E-state index in [1.807, 2.05) is 0 Å². The molecule has 0 aromatic heterocycles. The van der Waals surface area contributed by atoms with E-state index in [0.29, 0.717) is 0 Å². The molecule has 2 heteroatoms. The predicted octanol–water partition coefficient (Wildman–Crippen LogP) is 3.36. The van der Waals surface area contributed by atoms with Gasteiger partial charge in [0, 0.05) is 18.6 Å². The first-order chi connectivity index (χ1) is 10.4. The van der Waals surface area contributed by atoms with Gasteiger partial charge in [-0.15, -0.1) is 0 Å². The van der Waals surface area contributed by atoms with Crippen LogP contribution in [-0.2, 0) is 13.0 Å². The Morgan fingerprint density at radius 3 is 2.62 bits per heavy atom. The third-order valence-corrected chi connectivity index (χ3v) is 5.86. The van der Waals surface area contributed by atoms with Gasteiger partial charge in [-0.1, -0.05) is 24.3 Å². The van der Waals surface area contributed by atoms with Crippen molar-refractivity contribution in [2.45, 2.75) is 63.6 Å². The molecule has 2 saturated heterocycles. The summed E-state index contributed by atoms with van der Waals surface area (Å²) >= 11 is 0. The smallest absolute Gasteiger partial charge is 0.0236 e. The lowest BCUT2D eigenvalue weighted by molar-refractivity contribution is 0.214. The molecule has 2 atom stereocenters. The van der Waals surface area contributed by atoms with Gasteiger partial charge in [0.2, 0.25) is 0 Å². The maximum atomic E-state index is 3.77. The van der Waals surface area contributed by atoms with Gasteiger partial charge in [-0.2, -0.15) is 0 Å². The molecule has 21 heavy (non-hydrogen) atoms. The molecule has 1 aromatic rings. The van der Waals surface area contributed by atoms with Crippen LogP contribution in [0.1, 0.15) is 49.7 Å². The third kappa shape index (κ3) is 3.17. The normalized spacial score (nSPS) is 32.7. The van der Waals surface area contributed by atoms with E-state index in [9.17, 15) is 0 Å². The Kier molecular flexibility index (Phi) is 4.00. The summed E-state index contributed by atoms with van der Waals surface area (Å²) in [6.07, 6.45) is 9.73. The molecule has 4 rings (SSSR count). The van der Waals surface area contributed by atoms with Crippen molar-refractivity contribution in [2.75, 3.05) is 13.1 Å². The molecule has 2 bridgehead atoms. The number of hydrogen-bond donors (Lipinski definition) is 1. The van der Waals surface area contributed by atoms with Crippen LogP contribution in [0.4, 0.5) is 0 Å². The minimum absolute atomic E-state index is 0.846. The zero-order chi connectivity index (χ0) is 14.1. The van der Waals surface area contributed by atoms with E-state index < -0.39 is 0 Å². The number of hydrogen-bond acceptors (Lipinski definition) is 2. The van der Waals surface area contributed by atoms with E-state index in [1.54, 1.807) is 11.1 Å². The van der Waals surface area contributed by atoms with Gasteiger partial charge in [-0.25, -0.2) is 0 Å². The van der Waals surface area contributed by atoms with Crippen molar-refractivity contribution in [3.63, 3.8) is 0 Å². The van der Waals surface area contributed by atoms with Crippen LogP contribution >= 0.6 is 0 Å². The van der Waals surface area contributed by atoms with Crippen molar-refractivity contribution in [1.29, 1.82) is 0 Å². The molecule has 0 spiro atoms. The summed E-state index contributed by atoms with van der Waals surface area (Å²) in [7, 11) is 0. The minimum Gasteiger partial charge on any atom is -0.311 e. The number of fused-ring (bicyclic) bond motifs is 3. The zero-order valence-corrected chi connectivity index (χ0v) is 13.1. The highest BCUT2D eigenvalue weighted by atomic mass is 15.1. The van der Waals surface area contributed by atoms with Crippen LogP contribution in [0.5, 0.6) is 0 Å². The third-order valence-electron chi connectivity index (χ3n) is 5.86. The molecule has 2 unspecified atom stereocenters. The molecule has 114 valence electrons. The van der Waals surface area contributed by atoms with Crippen molar-refractivity contribution in [2.24, 2.45) is 5.92 Å². The maximum Gasteiger partial charge on any atom is 0.0236 e. The van der Waals surface area contributed by atoms with Gasteiger partial charge >= 0.3 is 0 Å². The lowest BCUT2D eigenvalue weighted by Crippen LogP contribution is -2.39. The fourth-order valence-electron chi connectivity index (χ4n) is 4.74. The Balaban J connectivity index is 1.33. The fraction of sp³-hybridized carbons (Fsp3) is 0.684. The molecule has 0 saturated carbocycles. The van der Waals surface area contributed by atoms with Gasteiger partial charge in [0.15, 0.2) is 0 Å². The van der Waals surface area contributed by atoms with Gasteiger partial charge in [0.05, 0.1) is 0 Å². The second-order valence-electron chi connectivity index (χ2n) is 7.41. The van der Waals surface area contributed by atoms with E-state index in [-0.39, 0.29) is 0 Å². The lowest BCUT2D eigenvalue weighted by atomic mass is 9.89. The first kappa shape index (κ1) is 13.8. The van der Waals surface area contributed by atoms with Crippen LogP contribution in [0.15, 0.2) is 24.3 Å². The lowest BCUT2D eigenvalue weighted by Gasteiger charge is -2.31. The molecule has 0 amide bonds. The Bertz CT molecular complexity index is 472. The number of benzene rings is 1. The average molecular weight is 284 g/mol. The number of aryl methyl sites for hydroxylation is 1. The van der Waals surface area contributed by atoms with E-state index in [4.69, 9.17) is 0 Å². The molecule has 2 fully saturated rings. The van der Waals surface area contributed by atoms with Gasteiger partial charge in [-0.3, -0.25) is 4.90 Å². The van der Waals surface area contributed by atoms with E-state index in [2.05, 4.69) is 34.5 Å². The predicted molar refractivity (Wildman–Crippen MR) is 87.3 cm³/mol. The molecule has 3 aliphatic heterocycles. The number of nitrogens with zero attached hydrogens (tertiary/aromatic N) is 1. The summed E-state index contributed by atoms with van der Waals surface area (Å²) in [6, 6.07) is 10.7. The fourth-order valence-corrected chi connectivity index (χ4v) is 4.74. The molecule has 3 aliphatic rings. The van der Waals surface area contributed by atoms with Crippen LogP contribution in [0, 0.1) is 5.92 Å². The van der Waals surface area contributed by atoms with E-state index in [0.717, 1.165) is 18.0 Å². The summed E-state index contributed by atoms with van der Waals surface area (Å²) in [5.41, 5.74) is 3.15. The van der Waals surface area contributed by atoms with Crippen molar-refractivity contribution in [3.8, 4) is 0 Å². The quantitative estimate of drug-likeness (QED) is 0.915. The highest BCUT2D eigenvalue weighted by Crippen LogP contribution is 2.33. The van der Waals surface area contributed by atoms with Crippen molar-refractivity contribution in [3.05, 3.63) is 35.4 Å². The summed E-state index contributed by atoms with van der Waals surface area (Å²) in [6.45, 7) is 3.76. The van der Waals surface area contributed by atoms with Crippen molar-refractivity contribution in [1.82, 2.24) is 10.2 Å². The summed E-state index contributed by atoms with van der Waals surface area (Å²) in [5, 5.41) is 3.77. The monoisotopic (exact) mass is 284 g/mol. The summed E-state index contributed by atoms with van der Waals surface area (Å²) < 4.78 is 0. The number of piperidine rings is 1. The first-order valence-corrected chi connectivity index (χ1v) is 8.92. The van der Waals surface area contributed by atoms with Crippen LogP contribution in [0.25, 0.3) is 0 Å². The topological polar surface area (TPSA) is 15.3 Å². The molecule has 0 radical (unpaired) electrons.